The summed E-state index contributed by atoms with van der Waals surface area (Å²) in [6.07, 6.45) is 2.11. The molecule has 3 heteroatoms. The third-order valence-electron chi connectivity index (χ3n) is 3.05. The fraction of sp³-hybridized carbons (Fsp3) is 0.417. The van der Waals surface area contributed by atoms with E-state index in [4.69, 9.17) is 4.74 Å². The van der Waals surface area contributed by atoms with E-state index in [2.05, 4.69) is 13.0 Å². The normalized spacial score (nSPS) is 18.5. The molecule has 0 unspecified atom stereocenters. The molecule has 0 N–H and O–H groups in total. The van der Waals surface area contributed by atoms with E-state index in [0.717, 1.165) is 30.8 Å². The second-order valence-corrected chi connectivity index (χ2v) is 4.21. The van der Waals surface area contributed by atoms with Crippen molar-refractivity contribution < 1.29 is 9.53 Å². The molecule has 3 nitrogen and oxygen atoms in total. The summed E-state index contributed by atoms with van der Waals surface area (Å²) >= 11 is 0. The molecular formula is C12H13NO2. The molecule has 3 rings (SSSR count). The van der Waals surface area contributed by atoms with Crippen molar-refractivity contribution in [1.29, 1.82) is 0 Å². The van der Waals surface area contributed by atoms with Crippen LogP contribution in [0.3, 0.4) is 0 Å². The molecular weight excluding hydrogens is 190 g/mol. The largest absolute Gasteiger partial charge is 0.482 e. The number of ether oxygens (including phenoxy) is 1. The smallest absolute Gasteiger partial charge is 0.265 e. The second-order valence-electron chi connectivity index (χ2n) is 4.21. The van der Waals surface area contributed by atoms with Crippen molar-refractivity contribution in [2.24, 2.45) is 0 Å². The van der Waals surface area contributed by atoms with Crippen LogP contribution in [0.4, 0.5) is 5.69 Å². The molecule has 0 bridgehead atoms. The predicted octanol–water partition coefficient (Wildman–Crippen LogP) is 1.67. The molecule has 2 aliphatic rings. The van der Waals surface area contributed by atoms with Crippen molar-refractivity contribution in [2.45, 2.75) is 19.8 Å². The summed E-state index contributed by atoms with van der Waals surface area (Å²) in [7, 11) is 0. The minimum Gasteiger partial charge on any atom is -0.482 e. The number of benzene rings is 1. The molecule has 0 fully saturated rings. The van der Waals surface area contributed by atoms with Gasteiger partial charge < -0.3 is 9.64 Å². The number of rotatable bonds is 0. The number of carbonyl (C=O) groups excluding carboxylic acids is 1. The van der Waals surface area contributed by atoms with E-state index in [-0.39, 0.29) is 12.5 Å². The zero-order chi connectivity index (χ0) is 10.4. The Morgan fingerprint density at radius 1 is 1.40 bits per heavy atom. The lowest BCUT2D eigenvalue weighted by molar-refractivity contribution is -0.121. The first-order valence-corrected chi connectivity index (χ1v) is 5.32. The summed E-state index contributed by atoms with van der Waals surface area (Å²) in [4.78, 5) is 13.5. The Morgan fingerprint density at radius 3 is 3.13 bits per heavy atom. The Balaban J connectivity index is 2.22. The lowest BCUT2D eigenvalue weighted by Gasteiger charge is -2.34. The van der Waals surface area contributed by atoms with Crippen molar-refractivity contribution in [3.63, 3.8) is 0 Å². The van der Waals surface area contributed by atoms with E-state index in [1.54, 1.807) is 0 Å². The van der Waals surface area contributed by atoms with Crippen molar-refractivity contribution in [2.75, 3.05) is 18.1 Å². The van der Waals surface area contributed by atoms with Crippen LogP contribution < -0.4 is 9.64 Å². The summed E-state index contributed by atoms with van der Waals surface area (Å²) in [6.45, 7) is 3.09. The van der Waals surface area contributed by atoms with Crippen molar-refractivity contribution in [3.05, 3.63) is 23.3 Å². The van der Waals surface area contributed by atoms with E-state index >= 15 is 0 Å². The van der Waals surface area contributed by atoms with Crippen molar-refractivity contribution >= 4 is 11.6 Å². The van der Waals surface area contributed by atoms with Gasteiger partial charge in [0.15, 0.2) is 6.61 Å². The van der Waals surface area contributed by atoms with E-state index < -0.39 is 0 Å². The molecule has 0 saturated heterocycles. The van der Waals surface area contributed by atoms with E-state index in [0.29, 0.717) is 0 Å². The molecule has 2 heterocycles. The molecule has 0 spiro atoms. The average molecular weight is 203 g/mol. The zero-order valence-corrected chi connectivity index (χ0v) is 8.75. The minimum absolute atomic E-state index is 0.0901. The monoisotopic (exact) mass is 203 g/mol. The Bertz CT molecular complexity index is 422. The summed E-state index contributed by atoms with van der Waals surface area (Å²) < 4.78 is 5.47. The molecule has 2 aliphatic heterocycles. The van der Waals surface area contributed by atoms with Gasteiger partial charge in [-0.05, 0) is 37.0 Å². The fourth-order valence-corrected chi connectivity index (χ4v) is 2.43. The highest BCUT2D eigenvalue weighted by atomic mass is 16.5. The second kappa shape index (κ2) is 2.99. The van der Waals surface area contributed by atoms with Gasteiger partial charge in [-0.1, -0.05) is 6.07 Å². The molecule has 78 valence electrons. The predicted molar refractivity (Wildman–Crippen MR) is 57.3 cm³/mol. The first-order chi connectivity index (χ1) is 7.25. The maximum atomic E-state index is 11.7. The Morgan fingerprint density at radius 2 is 2.27 bits per heavy atom. The van der Waals surface area contributed by atoms with Gasteiger partial charge in [-0.25, -0.2) is 0 Å². The summed E-state index contributed by atoms with van der Waals surface area (Å²) in [6, 6.07) is 4.18. The number of aryl methyl sites for hydroxylation is 2. The quantitative estimate of drug-likeness (QED) is 0.642. The van der Waals surface area contributed by atoms with Gasteiger partial charge >= 0.3 is 0 Å². The van der Waals surface area contributed by atoms with Crippen LogP contribution in [0.5, 0.6) is 5.75 Å². The summed E-state index contributed by atoms with van der Waals surface area (Å²) in [5, 5.41) is 0. The van der Waals surface area contributed by atoms with Crippen LogP contribution in [0.15, 0.2) is 12.1 Å². The lowest BCUT2D eigenvalue weighted by atomic mass is 9.98. The van der Waals surface area contributed by atoms with Crippen molar-refractivity contribution in [1.82, 2.24) is 0 Å². The van der Waals surface area contributed by atoms with Crippen molar-refractivity contribution in [3.8, 4) is 5.75 Å². The van der Waals surface area contributed by atoms with E-state index in [1.807, 2.05) is 11.0 Å². The molecule has 0 atom stereocenters. The van der Waals surface area contributed by atoms with Gasteiger partial charge in [-0.2, -0.15) is 0 Å². The van der Waals surface area contributed by atoms with E-state index in [1.165, 1.54) is 11.1 Å². The molecule has 1 aromatic carbocycles. The lowest BCUT2D eigenvalue weighted by Crippen LogP contribution is -2.42. The van der Waals surface area contributed by atoms with Crippen LogP contribution >= 0.6 is 0 Å². The van der Waals surface area contributed by atoms with Crippen LogP contribution in [0.25, 0.3) is 0 Å². The van der Waals surface area contributed by atoms with E-state index in [9.17, 15) is 4.79 Å². The third kappa shape index (κ3) is 1.23. The van der Waals surface area contributed by atoms with Crippen LogP contribution in [-0.4, -0.2) is 19.1 Å². The molecule has 15 heavy (non-hydrogen) atoms. The topological polar surface area (TPSA) is 29.5 Å². The molecule has 0 aromatic heterocycles. The zero-order valence-electron chi connectivity index (χ0n) is 8.75. The maximum Gasteiger partial charge on any atom is 0.265 e. The van der Waals surface area contributed by atoms with Gasteiger partial charge in [0, 0.05) is 6.54 Å². The van der Waals surface area contributed by atoms with Gasteiger partial charge in [-0.3, -0.25) is 4.79 Å². The summed E-state index contributed by atoms with van der Waals surface area (Å²) in [5.74, 6) is 0.969. The van der Waals surface area contributed by atoms with Gasteiger partial charge in [0.05, 0.1) is 5.69 Å². The SMILES string of the molecule is Cc1cc2c3c(c1)OCC(=O)N3CCC2. The highest BCUT2D eigenvalue weighted by Crippen LogP contribution is 2.39. The first kappa shape index (κ1) is 8.77. The van der Waals surface area contributed by atoms with Gasteiger partial charge in [0.25, 0.3) is 5.91 Å². The highest BCUT2D eigenvalue weighted by molar-refractivity contribution is 5.99. The van der Waals surface area contributed by atoms with Gasteiger partial charge in [0.2, 0.25) is 0 Å². The van der Waals surface area contributed by atoms with Crippen LogP contribution in [0.2, 0.25) is 0 Å². The van der Waals surface area contributed by atoms with Gasteiger partial charge in [0.1, 0.15) is 5.75 Å². The number of amides is 1. The van der Waals surface area contributed by atoms with Crippen LogP contribution in [-0.2, 0) is 11.2 Å². The molecule has 0 saturated carbocycles. The fourth-order valence-electron chi connectivity index (χ4n) is 2.43. The molecule has 1 aromatic rings. The highest BCUT2D eigenvalue weighted by Gasteiger charge is 2.30. The third-order valence-corrected chi connectivity index (χ3v) is 3.05. The summed E-state index contributed by atoms with van der Waals surface area (Å²) in [5.41, 5.74) is 3.48. The Kier molecular flexibility index (Phi) is 1.75. The first-order valence-electron chi connectivity index (χ1n) is 5.32. The Labute approximate surface area is 88.6 Å². The van der Waals surface area contributed by atoms with Crippen LogP contribution in [0, 0.1) is 6.92 Å². The number of hydrogen-bond donors (Lipinski definition) is 0. The van der Waals surface area contributed by atoms with Gasteiger partial charge in [-0.15, -0.1) is 0 Å². The number of anilines is 1. The molecule has 0 radical (unpaired) electrons. The number of nitrogens with zero attached hydrogens (tertiary/aromatic N) is 1. The maximum absolute atomic E-state index is 11.7. The molecule has 1 amide bonds. The van der Waals surface area contributed by atoms with Crippen LogP contribution in [0.1, 0.15) is 17.5 Å². The standard InChI is InChI=1S/C12H13NO2/c1-8-5-9-3-2-4-13-11(14)7-15-10(6-8)12(9)13/h5-6H,2-4,7H2,1H3. The number of hydrogen-bond acceptors (Lipinski definition) is 2. The Hall–Kier alpha value is -1.51. The average Bonchev–Trinajstić information content (AvgIpc) is 2.23. The molecule has 0 aliphatic carbocycles. The number of carbonyl (C=O) groups is 1. The minimum atomic E-state index is 0.0901.